The van der Waals surface area contributed by atoms with Crippen LogP contribution >= 0.6 is 0 Å². The fourth-order valence-electron chi connectivity index (χ4n) is 3.12. The van der Waals surface area contributed by atoms with Gasteiger partial charge in [0.15, 0.2) is 0 Å². The molecular weight excluding hydrogens is 226 g/mol. The molecule has 4 heteroatoms. The third-order valence-electron chi connectivity index (χ3n) is 4.30. The molecule has 1 aliphatic heterocycles. The molecule has 1 aliphatic carbocycles. The highest BCUT2D eigenvalue weighted by Gasteiger charge is 2.21. The van der Waals surface area contributed by atoms with Gasteiger partial charge in [0.25, 0.3) is 0 Å². The van der Waals surface area contributed by atoms with Crippen molar-refractivity contribution in [2.45, 2.75) is 57.0 Å². The second kappa shape index (κ2) is 7.10. The molecule has 2 aliphatic rings. The maximum Gasteiger partial charge on any atom is 0.234 e. The van der Waals surface area contributed by atoms with E-state index in [4.69, 9.17) is 0 Å². The van der Waals surface area contributed by atoms with Crippen LogP contribution in [0.3, 0.4) is 0 Å². The number of likely N-dealkylation sites (N-methyl/N-ethyl adjacent to an activating group) is 1. The molecule has 1 saturated carbocycles. The smallest absolute Gasteiger partial charge is 0.234 e. The van der Waals surface area contributed by atoms with Gasteiger partial charge in [-0.1, -0.05) is 19.3 Å². The van der Waals surface area contributed by atoms with Crippen molar-refractivity contribution in [2.24, 2.45) is 0 Å². The standard InChI is InChI=1S/C14H27N3O/c1-17(13-7-9-15-10-8-13)11-14(18)16-12-5-3-2-4-6-12/h12-13,15H,2-11H2,1H3,(H,16,18). The van der Waals surface area contributed by atoms with Gasteiger partial charge in [0.05, 0.1) is 6.54 Å². The van der Waals surface area contributed by atoms with E-state index in [1.165, 1.54) is 32.1 Å². The molecule has 2 fully saturated rings. The number of nitrogens with zero attached hydrogens (tertiary/aromatic N) is 1. The molecule has 0 aromatic carbocycles. The molecule has 18 heavy (non-hydrogen) atoms. The number of hydrogen-bond acceptors (Lipinski definition) is 3. The zero-order chi connectivity index (χ0) is 12.8. The Morgan fingerprint density at radius 3 is 2.50 bits per heavy atom. The van der Waals surface area contributed by atoms with Gasteiger partial charge in [-0.15, -0.1) is 0 Å². The highest BCUT2D eigenvalue weighted by Crippen LogP contribution is 2.17. The summed E-state index contributed by atoms with van der Waals surface area (Å²) in [5.74, 6) is 0.211. The minimum absolute atomic E-state index is 0.211. The summed E-state index contributed by atoms with van der Waals surface area (Å²) in [7, 11) is 2.08. The average Bonchev–Trinajstić information content (AvgIpc) is 2.40. The van der Waals surface area contributed by atoms with Gasteiger partial charge in [-0.25, -0.2) is 0 Å². The highest BCUT2D eigenvalue weighted by molar-refractivity contribution is 5.78. The molecule has 0 radical (unpaired) electrons. The van der Waals surface area contributed by atoms with Crippen LogP contribution in [0.5, 0.6) is 0 Å². The van der Waals surface area contributed by atoms with Gasteiger partial charge in [0, 0.05) is 12.1 Å². The van der Waals surface area contributed by atoms with Gasteiger partial charge in [-0.3, -0.25) is 9.69 Å². The SMILES string of the molecule is CN(CC(=O)NC1CCCCC1)C1CCNCC1. The molecule has 1 heterocycles. The molecule has 1 saturated heterocycles. The summed E-state index contributed by atoms with van der Waals surface area (Å²) in [4.78, 5) is 14.2. The summed E-state index contributed by atoms with van der Waals surface area (Å²) in [6, 6.07) is 1.01. The van der Waals surface area contributed by atoms with Crippen LogP contribution in [0.4, 0.5) is 0 Å². The Balaban J connectivity index is 1.68. The molecule has 0 aromatic rings. The number of hydrogen-bond donors (Lipinski definition) is 2. The summed E-state index contributed by atoms with van der Waals surface area (Å²) in [5.41, 5.74) is 0. The number of carbonyl (C=O) groups is 1. The fraction of sp³-hybridized carbons (Fsp3) is 0.929. The van der Waals surface area contributed by atoms with E-state index in [0.29, 0.717) is 18.6 Å². The van der Waals surface area contributed by atoms with E-state index in [-0.39, 0.29) is 5.91 Å². The van der Waals surface area contributed by atoms with Crippen LogP contribution in [0.2, 0.25) is 0 Å². The number of amides is 1. The highest BCUT2D eigenvalue weighted by atomic mass is 16.2. The molecule has 4 nitrogen and oxygen atoms in total. The lowest BCUT2D eigenvalue weighted by Crippen LogP contribution is -2.47. The number of nitrogens with one attached hydrogen (secondary N) is 2. The van der Waals surface area contributed by atoms with Gasteiger partial charge in [0.2, 0.25) is 5.91 Å². The van der Waals surface area contributed by atoms with Crippen molar-refractivity contribution in [3.8, 4) is 0 Å². The molecule has 0 aromatic heterocycles. The third-order valence-corrected chi connectivity index (χ3v) is 4.30. The average molecular weight is 253 g/mol. The zero-order valence-electron chi connectivity index (χ0n) is 11.6. The summed E-state index contributed by atoms with van der Waals surface area (Å²) < 4.78 is 0. The van der Waals surface area contributed by atoms with Crippen LogP contribution in [0, 0.1) is 0 Å². The van der Waals surface area contributed by atoms with Crippen LogP contribution in [0.25, 0.3) is 0 Å². The summed E-state index contributed by atoms with van der Waals surface area (Å²) in [6.07, 6.45) is 8.54. The maximum atomic E-state index is 12.0. The first-order valence-corrected chi connectivity index (χ1v) is 7.46. The van der Waals surface area contributed by atoms with E-state index in [9.17, 15) is 4.79 Å². The second-order valence-electron chi connectivity index (χ2n) is 5.80. The predicted octanol–water partition coefficient (Wildman–Crippen LogP) is 1.12. The first kappa shape index (κ1) is 13.8. The Bertz CT molecular complexity index is 258. The number of carbonyl (C=O) groups excluding carboxylic acids is 1. The Morgan fingerprint density at radius 2 is 1.83 bits per heavy atom. The molecule has 2 N–H and O–H groups in total. The third kappa shape index (κ3) is 4.25. The first-order valence-electron chi connectivity index (χ1n) is 7.46. The van der Waals surface area contributed by atoms with Crippen molar-refractivity contribution >= 4 is 5.91 Å². The molecule has 0 atom stereocenters. The van der Waals surface area contributed by atoms with Crippen LogP contribution in [0.15, 0.2) is 0 Å². The van der Waals surface area contributed by atoms with Crippen molar-refractivity contribution in [1.82, 2.24) is 15.5 Å². The van der Waals surface area contributed by atoms with E-state index in [0.717, 1.165) is 25.9 Å². The van der Waals surface area contributed by atoms with Crippen LogP contribution in [-0.4, -0.2) is 49.6 Å². The molecule has 1 amide bonds. The van der Waals surface area contributed by atoms with Crippen LogP contribution in [-0.2, 0) is 4.79 Å². The topological polar surface area (TPSA) is 44.4 Å². The van der Waals surface area contributed by atoms with Gasteiger partial charge in [-0.2, -0.15) is 0 Å². The summed E-state index contributed by atoms with van der Waals surface area (Å²) in [6.45, 7) is 2.72. The molecule has 0 unspecified atom stereocenters. The van der Waals surface area contributed by atoms with Gasteiger partial charge in [0.1, 0.15) is 0 Å². The van der Waals surface area contributed by atoms with Gasteiger partial charge >= 0.3 is 0 Å². The van der Waals surface area contributed by atoms with E-state index >= 15 is 0 Å². The number of rotatable bonds is 4. The van der Waals surface area contributed by atoms with Crippen molar-refractivity contribution < 1.29 is 4.79 Å². The Kier molecular flexibility index (Phi) is 5.45. The second-order valence-corrected chi connectivity index (χ2v) is 5.80. The summed E-state index contributed by atoms with van der Waals surface area (Å²) >= 11 is 0. The van der Waals surface area contributed by atoms with Crippen molar-refractivity contribution in [2.75, 3.05) is 26.7 Å². The van der Waals surface area contributed by atoms with Crippen molar-refractivity contribution in [1.29, 1.82) is 0 Å². The zero-order valence-corrected chi connectivity index (χ0v) is 11.6. The van der Waals surface area contributed by atoms with Gasteiger partial charge < -0.3 is 10.6 Å². The summed E-state index contributed by atoms with van der Waals surface area (Å²) in [5, 5.41) is 6.55. The minimum atomic E-state index is 0.211. The lowest BCUT2D eigenvalue weighted by atomic mass is 9.95. The monoisotopic (exact) mass is 253 g/mol. The lowest BCUT2D eigenvalue weighted by molar-refractivity contribution is -0.123. The van der Waals surface area contributed by atoms with E-state index in [1.807, 2.05) is 0 Å². The Hall–Kier alpha value is -0.610. The molecule has 104 valence electrons. The van der Waals surface area contributed by atoms with Crippen molar-refractivity contribution in [3.63, 3.8) is 0 Å². The largest absolute Gasteiger partial charge is 0.352 e. The molecular formula is C14H27N3O. The minimum Gasteiger partial charge on any atom is -0.352 e. The van der Waals surface area contributed by atoms with Gasteiger partial charge in [-0.05, 0) is 45.8 Å². The van der Waals surface area contributed by atoms with E-state index in [1.54, 1.807) is 0 Å². The van der Waals surface area contributed by atoms with Crippen LogP contribution < -0.4 is 10.6 Å². The normalized spacial score (nSPS) is 23.2. The quantitative estimate of drug-likeness (QED) is 0.789. The molecule has 2 rings (SSSR count). The molecule has 0 bridgehead atoms. The van der Waals surface area contributed by atoms with E-state index < -0.39 is 0 Å². The first-order chi connectivity index (χ1) is 8.75. The van der Waals surface area contributed by atoms with Crippen molar-refractivity contribution in [3.05, 3.63) is 0 Å². The Morgan fingerprint density at radius 1 is 1.17 bits per heavy atom. The number of piperidine rings is 1. The van der Waals surface area contributed by atoms with Crippen LogP contribution in [0.1, 0.15) is 44.9 Å². The maximum absolute atomic E-state index is 12.0. The molecule has 0 spiro atoms. The lowest BCUT2D eigenvalue weighted by Gasteiger charge is -2.32. The van der Waals surface area contributed by atoms with E-state index in [2.05, 4.69) is 22.6 Å². The fourth-order valence-corrected chi connectivity index (χ4v) is 3.12. The predicted molar refractivity (Wildman–Crippen MR) is 73.5 cm³/mol. The Labute approximate surface area is 110 Å².